The summed E-state index contributed by atoms with van der Waals surface area (Å²) < 4.78 is 0. The monoisotopic (exact) mass is 531 g/mol. The molecule has 8 heteroatoms. The fourth-order valence-electron chi connectivity index (χ4n) is 6.27. The molecule has 39 heavy (non-hydrogen) atoms. The highest BCUT2D eigenvalue weighted by Gasteiger charge is 2.47. The van der Waals surface area contributed by atoms with E-state index in [9.17, 15) is 14.4 Å². The van der Waals surface area contributed by atoms with Gasteiger partial charge in [-0.25, -0.2) is 4.79 Å². The highest BCUT2D eigenvalue weighted by atomic mass is 16.2. The predicted octanol–water partition coefficient (Wildman–Crippen LogP) is 3.31. The lowest BCUT2D eigenvalue weighted by molar-refractivity contribution is -0.134. The van der Waals surface area contributed by atoms with Crippen LogP contribution in [-0.4, -0.2) is 79.0 Å². The zero-order valence-electron chi connectivity index (χ0n) is 23.4. The third kappa shape index (κ3) is 5.53. The second-order valence-electron chi connectivity index (χ2n) is 11.7. The molecule has 8 nitrogen and oxygen atoms in total. The molecule has 2 saturated heterocycles. The number of anilines is 1. The first-order valence-electron chi connectivity index (χ1n) is 14.3. The van der Waals surface area contributed by atoms with E-state index in [0.29, 0.717) is 25.9 Å². The number of likely N-dealkylation sites (tertiary alicyclic amines) is 1. The molecule has 2 unspecified atom stereocenters. The molecule has 0 radical (unpaired) electrons. The molecule has 2 aromatic rings. The molecule has 0 aromatic heterocycles. The van der Waals surface area contributed by atoms with Gasteiger partial charge in [0.15, 0.2) is 0 Å². The summed E-state index contributed by atoms with van der Waals surface area (Å²) in [6.45, 7) is 6.78. The number of urea groups is 1. The van der Waals surface area contributed by atoms with Crippen molar-refractivity contribution in [3.63, 3.8) is 0 Å². The number of benzene rings is 2. The van der Waals surface area contributed by atoms with Crippen LogP contribution in [0.25, 0.3) is 0 Å². The zero-order chi connectivity index (χ0) is 27.6. The topological polar surface area (TPSA) is 85.0 Å². The molecule has 2 atom stereocenters. The van der Waals surface area contributed by atoms with Crippen LogP contribution >= 0.6 is 0 Å². The Labute approximate surface area is 231 Å². The fourth-order valence-corrected chi connectivity index (χ4v) is 6.27. The lowest BCUT2D eigenvalue weighted by Crippen LogP contribution is -2.56. The molecule has 4 amide bonds. The van der Waals surface area contributed by atoms with Crippen molar-refractivity contribution >= 4 is 23.5 Å². The van der Waals surface area contributed by atoms with Gasteiger partial charge < -0.3 is 25.3 Å². The molecule has 2 fully saturated rings. The van der Waals surface area contributed by atoms with Gasteiger partial charge in [-0.2, -0.15) is 0 Å². The molecule has 2 N–H and O–H groups in total. The zero-order valence-corrected chi connectivity index (χ0v) is 23.4. The first-order chi connectivity index (χ1) is 18.8. The van der Waals surface area contributed by atoms with E-state index < -0.39 is 11.5 Å². The van der Waals surface area contributed by atoms with Gasteiger partial charge in [0.1, 0.15) is 6.04 Å². The molecule has 3 aliphatic rings. The van der Waals surface area contributed by atoms with Crippen LogP contribution in [-0.2, 0) is 21.4 Å². The van der Waals surface area contributed by atoms with Crippen molar-refractivity contribution in [2.75, 3.05) is 38.1 Å². The SMILES string of the molecule is CN(C(=O)NC(CCc1ccccc1)C(=O)N1CCC(N2C(=O)C(C)(C)c3ccccc32)CC1)C1CCNC1. The molecular formula is C31H41N5O3. The summed E-state index contributed by atoms with van der Waals surface area (Å²) in [5, 5.41) is 6.36. The van der Waals surface area contributed by atoms with E-state index in [2.05, 4.69) is 22.8 Å². The van der Waals surface area contributed by atoms with Crippen LogP contribution in [0.15, 0.2) is 54.6 Å². The third-order valence-corrected chi connectivity index (χ3v) is 8.79. The number of para-hydroxylation sites is 1. The van der Waals surface area contributed by atoms with Crippen molar-refractivity contribution in [3.05, 3.63) is 65.7 Å². The molecule has 0 saturated carbocycles. The van der Waals surface area contributed by atoms with Gasteiger partial charge >= 0.3 is 6.03 Å². The number of rotatable bonds is 7. The highest BCUT2D eigenvalue weighted by molar-refractivity contribution is 6.08. The number of likely N-dealkylation sites (N-methyl/N-ethyl adjacent to an activating group) is 1. The minimum Gasteiger partial charge on any atom is -0.341 e. The van der Waals surface area contributed by atoms with Crippen molar-refractivity contribution in [3.8, 4) is 0 Å². The summed E-state index contributed by atoms with van der Waals surface area (Å²) in [7, 11) is 1.81. The molecule has 3 aliphatic heterocycles. The van der Waals surface area contributed by atoms with Gasteiger partial charge in [-0.3, -0.25) is 9.59 Å². The Kier molecular flexibility index (Phi) is 7.93. The Hall–Kier alpha value is -3.39. The summed E-state index contributed by atoms with van der Waals surface area (Å²) in [6.07, 6.45) is 3.59. The first kappa shape index (κ1) is 27.2. The lowest BCUT2D eigenvalue weighted by atomic mass is 9.86. The molecule has 5 rings (SSSR count). The van der Waals surface area contributed by atoms with Crippen molar-refractivity contribution in [1.29, 1.82) is 0 Å². The number of hydrogen-bond acceptors (Lipinski definition) is 4. The average molecular weight is 532 g/mol. The smallest absolute Gasteiger partial charge is 0.318 e. The number of carbonyl (C=O) groups excluding carboxylic acids is 3. The number of nitrogens with one attached hydrogen (secondary N) is 2. The maximum absolute atomic E-state index is 13.8. The molecule has 0 aliphatic carbocycles. The molecule has 0 spiro atoms. The van der Waals surface area contributed by atoms with Crippen LogP contribution in [0.5, 0.6) is 0 Å². The number of aryl methyl sites for hydroxylation is 1. The summed E-state index contributed by atoms with van der Waals surface area (Å²) in [5.41, 5.74) is 2.66. The van der Waals surface area contributed by atoms with Gasteiger partial charge in [-0.15, -0.1) is 0 Å². The quantitative estimate of drug-likeness (QED) is 0.574. The second kappa shape index (κ2) is 11.4. The van der Waals surface area contributed by atoms with Crippen molar-refractivity contribution in [2.24, 2.45) is 0 Å². The lowest BCUT2D eigenvalue weighted by Gasteiger charge is -2.39. The first-order valence-corrected chi connectivity index (χ1v) is 14.3. The minimum absolute atomic E-state index is 0.0378. The Morgan fingerprint density at radius 3 is 2.44 bits per heavy atom. The van der Waals surface area contributed by atoms with E-state index in [4.69, 9.17) is 0 Å². The number of fused-ring (bicyclic) bond motifs is 1. The van der Waals surface area contributed by atoms with Crippen molar-refractivity contribution < 1.29 is 14.4 Å². The fraction of sp³-hybridized carbons (Fsp3) is 0.516. The van der Waals surface area contributed by atoms with Gasteiger partial charge in [-0.1, -0.05) is 48.5 Å². The van der Waals surface area contributed by atoms with E-state index in [1.165, 1.54) is 0 Å². The van der Waals surface area contributed by atoms with E-state index in [1.54, 1.807) is 4.90 Å². The standard InChI is InChI=1S/C31H41N5O3/c1-31(2)25-11-7-8-12-27(25)36(29(31)38)23-16-19-35(20-17-23)28(37)26(14-13-22-9-5-4-6-10-22)33-30(39)34(3)24-15-18-32-21-24/h4-12,23-24,26,32H,13-21H2,1-3H3,(H,33,39). The van der Waals surface area contributed by atoms with Crippen LogP contribution in [0.2, 0.25) is 0 Å². The molecular weight excluding hydrogens is 490 g/mol. The molecule has 208 valence electrons. The van der Waals surface area contributed by atoms with Gasteiger partial charge in [0, 0.05) is 44.5 Å². The highest BCUT2D eigenvalue weighted by Crippen LogP contribution is 2.43. The minimum atomic E-state index is -0.598. The summed E-state index contributed by atoms with van der Waals surface area (Å²) in [5.74, 6) is 0.0927. The normalized spacial score (nSPS) is 21.5. The number of hydrogen-bond donors (Lipinski definition) is 2. The van der Waals surface area contributed by atoms with Crippen LogP contribution in [0.4, 0.5) is 10.5 Å². The van der Waals surface area contributed by atoms with Crippen LogP contribution in [0.1, 0.15) is 50.7 Å². The number of amides is 4. The van der Waals surface area contributed by atoms with Gasteiger partial charge in [0.05, 0.1) is 5.41 Å². The van der Waals surface area contributed by atoms with Crippen molar-refractivity contribution in [2.45, 2.75) is 69.5 Å². The van der Waals surface area contributed by atoms with E-state index in [0.717, 1.165) is 49.2 Å². The maximum Gasteiger partial charge on any atom is 0.318 e. The number of piperidine rings is 1. The van der Waals surface area contributed by atoms with Gasteiger partial charge in [0.25, 0.3) is 0 Å². The molecule has 3 heterocycles. The maximum atomic E-state index is 13.8. The summed E-state index contributed by atoms with van der Waals surface area (Å²) in [4.78, 5) is 45.9. The Morgan fingerprint density at radius 2 is 1.74 bits per heavy atom. The third-order valence-electron chi connectivity index (χ3n) is 8.79. The molecule has 2 aromatic carbocycles. The number of carbonyl (C=O) groups is 3. The predicted molar refractivity (Wildman–Crippen MR) is 153 cm³/mol. The van der Waals surface area contributed by atoms with Crippen LogP contribution in [0.3, 0.4) is 0 Å². The Bertz CT molecular complexity index is 1190. The van der Waals surface area contributed by atoms with Crippen LogP contribution in [0, 0.1) is 0 Å². The summed E-state index contributed by atoms with van der Waals surface area (Å²) >= 11 is 0. The van der Waals surface area contributed by atoms with E-state index in [1.807, 2.05) is 73.2 Å². The van der Waals surface area contributed by atoms with Crippen LogP contribution < -0.4 is 15.5 Å². The summed E-state index contributed by atoms with van der Waals surface area (Å²) in [6, 6.07) is 17.5. The van der Waals surface area contributed by atoms with E-state index >= 15 is 0 Å². The largest absolute Gasteiger partial charge is 0.341 e. The second-order valence-corrected chi connectivity index (χ2v) is 11.7. The van der Waals surface area contributed by atoms with E-state index in [-0.39, 0.29) is 29.9 Å². The average Bonchev–Trinajstić information content (AvgIpc) is 3.56. The number of nitrogens with zero attached hydrogens (tertiary/aromatic N) is 3. The van der Waals surface area contributed by atoms with Gasteiger partial charge in [-0.05, 0) is 69.7 Å². The Balaban J connectivity index is 1.25. The molecule has 0 bridgehead atoms. The van der Waals surface area contributed by atoms with Gasteiger partial charge in [0.2, 0.25) is 11.8 Å². The Morgan fingerprint density at radius 1 is 1.05 bits per heavy atom. The van der Waals surface area contributed by atoms with Crippen molar-refractivity contribution in [1.82, 2.24) is 20.4 Å².